The third-order valence-corrected chi connectivity index (χ3v) is 5.52. The maximum absolute atomic E-state index is 13.8. The topological polar surface area (TPSA) is 75.3 Å². The minimum Gasteiger partial charge on any atom is -0.326 e. The first-order chi connectivity index (χ1) is 11.4. The number of halogens is 1. The number of hydrogen-bond acceptors (Lipinski definition) is 3. The van der Waals surface area contributed by atoms with Crippen LogP contribution in [0.2, 0.25) is 0 Å². The summed E-state index contributed by atoms with van der Waals surface area (Å²) in [6.45, 7) is 1.59. The van der Waals surface area contributed by atoms with Crippen LogP contribution >= 0.6 is 0 Å². The van der Waals surface area contributed by atoms with Crippen LogP contribution in [0.3, 0.4) is 0 Å². The van der Waals surface area contributed by atoms with E-state index in [0.717, 1.165) is 5.56 Å². The van der Waals surface area contributed by atoms with Gasteiger partial charge in [0.05, 0.1) is 4.90 Å². The van der Waals surface area contributed by atoms with Crippen LogP contribution in [0.4, 0.5) is 10.1 Å². The van der Waals surface area contributed by atoms with Crippen molar-refractivity contribution >= 4 is 21.6 Å². The molecule has 1 aliphatic heterocycles. The van der Waals surface area contributed by atoms with Gasteiger partial charge >= 0.3 is 0 Å². The summed E-state index contributed by atoms with van der Waals surface area (Å²) in [5.41, 5.74) is 1.69. The van der Waals surface area contributed by atoms with Gasteiger partial charge in [0.25, 0.3) is 0 Å². The summed E-state index contributed by atoms with van der Waals surface area (Å²) in [5, 5.41) is 2.71. The van der Waals surface area contributed by atoms with Crippen LogP contribution in [0.25, 0.3) is 0 Å². The van der Waals surface area contributed by atoms with E-state index in [-0.39, 0.29) is 16.4 Å². The Kier molecular flexibility index (Phi) is 4.38. The lowest BCUT2D eigenvalue weighted by Crippen LogP contribution is -2.28. The lowest BCUT2D eigenvalue weighted by molar-refractivity contribution is -0.116. The van der Waals surface area contributed by atoms with E-state index in [4.69, 9.17) is 0 Å². The first-order valence-electron chi connectivity index (χ1n) is 7.56. The Balaban J connectivity index is 1.86. The highest BCUT2D eigenvalue weighted by Crippen LogP contribution is 2.26. The molecule has 5 nitrogen and oxygen atoms in total. The molecule has 2 N–H and O–H groups in total. The van der Waals surface area contributed by atoms with Crippen molar-refractivity contribution in [3.8, 4) is 0 Å². The smallest absolute Gasteiger partial charge is 0.241 e. The lowest BCUT2D eigenvalue weighted by Gasteiger charge is -2.19. The number of fused-ring (bicyclic) bond motifs is 1. The van der Waals surface area contributed by atoms with Crippen LogP contribution in [0.1, 0.15) is 30.5 Å². The van der Waals surface area contributed by atoms with Crippen molar-refractivity contribution in [1.82, 2.24) is 4.72 Å². The Hall–Kier alpha value is -2.25. The molecular formula is C17H17FN2O3S. The zero-order valence-electron chi connectivity index (χ0n) is 13.0. The fourth-order valence-corrected chi connectivity index (χ4v) is 3.99. The van der Waals surface area contributed by atoms with Crippen LogP contribution in [0.15, 0.2) is 47.4 Å². The minimum atomic E-state index is -3.80. The highest BCUT2D eigenvalue weighted by molar-refractivity contribution is 7.89. The molecule has 0 aliphatic carbocycles. The van der Waals surface area contributed by atoms with Gasteiger partial charge in [0.1, 0.15) is 5.82 Å². The third-order valence-electron chi connectivity index (χ3n) is 3.99. The van der Waals surface area contributed by atoms with E-state index in [1.54, 1.807) is 37.3 Å². The molecule has 0 radical (unpaired) electrons. The van der Waals surface area contributed by atoms with E-state index in [2.05, 4.69) is 10.0 Å². The molecule has 0 saturated heterocycles. The lowest BCUT2D eigenvalue weighted by atomic mass is 10.0. The highest BCUT2D eigenvalue weighted by atomic mass is 32.2. The first kappa shape index (κ1) is 16.6. The largest absolute Gasteiger partial charge is 0.326 e. The molecule has 1 amide bonds. The number of nitrogens with one attached hydrogen (secondary N) is 2. The summed E-state index contributed by atoms with van der Waals surface area (Å²) in [7, 11) is -3.80. The zero-order chi connectivity index (χ0) is 17.3. The molecule has 1 atom stereocenters. The summed E-state index contributed by atoms with van der Waals surface area (Å²) in [6.07, 6.45) is 0.822. The second-order valence-electron chi connectivity index (χ2n) is 5.73. The number of rotatable bonds is 4. The number of benzene rings is 2. The van der Waals surface area contributed by atoms with Gasteiger partial charge in [-0.2, -0.15) is 0 Å². The maximum atomic E-state index is 13.8. The Labute approximate surface area is 139 Å². The second kappa shape index (κ2) is 6.33. The molecule has 2 aromatic carbocycles. The second-order valence-corrected chi connectivity index (χ2v) is 7.45. The Morgan fingerprint density at radius 2 is 1.92 bits per heavy atom. The SMILES string of the molecule is C[C@H](NS(=O)(=O)c1ccc2c(c1)CCC(=O)N2)c1ccccc1F. The molecule has 1 aliphatic rings. The molecule has 0 bridgehead atoms. The number of anilines is 1. The molecule has 0 aromatic heterocycles. The molecule has 126 valence electrons. The third kappa shape index (κ3) is 3.32. The van der Waals surface area contributed by atoms with E-state index in [0.29, 0.717) is 18.5 Å². The van der Waals surface area contributed by atoms with Crippen molar-refractivity contribution in [2.75, 3.05) is 5.32 Å². The van der Waals surface area contributed by atoms with Gasteiger partial charge in [-0.1, -0.05) is 18.2 Å². The molecule has 7 heteroatoms. The maximum Gasteiger partial charge on any atom is 0.241 e. The first-order valence-corrected chi connectivity index (χ1v) is 9.05. The van der Waals surface area contributed by atoms with Crippen LogP contribution < -0.4 is 10.0 Å². The van der Waals surface area contributed by atoms with Gasteiger partial charge in [0.2, 0.25) is 15.9 Å². The van der Waals surface area contributed by atoms with Crippen LogP contribution in [0, 0.1) is 5.82 Å². The predicted octanol–water partition coefficient (Wildman–Crippen LogP) is 2.75. The van der Waals surface area contributed by atoms with Crippen molar-refractivity contribution in [3.63, 3.8) is 0 Å². The fourth-order valence-electron chi connectivity index (χ4n) is 2.72. The normalized spacial score (nSPS) is 15.5. The average molecular weight is 348 g/mol. The van der Waals surface area contributed by atoms with Crippen molar-refractivity contribution < 1.29 is 17.6 Å². The summed E-state index contributed by atoms with van der Waals surface area (Å²) in [5.74, 6) is -0.537. The molecule has 1 heterocycles. The standard InChI is InChI=1S/C17H17FN2O3S/c1-11(14-4-2-3-5-15(14)18)20-24(22,23)13-7-8-16-12(10-13)6-9-17(21)19-16/h2-5,7-8,10-11,20H,6,9H2,1H3,(H,19,21)/t11-/m0/s1. The Morgan fingerprint density at radius 3 is 2.67 bits per heavy atom. The zero-order valence-corrected chi connectivity index (χ0v) is 13.9. The highest BCUT2D eigenvalue weighted by Gasteiger charge is 2.23. The number of amides is 1. The van der Waals surface area contributed by atoms with Crippen LogP contribution in [-0.4, -0.2) is 14.3 Å². The Morgan fingerprint density at radius 1 is 1.17 bits per heavy atom. The quantitative estimate of drug-likeness (QED) is 0.892. The number of hydrogen-bond donors (Lipinski definition) is 2. The van der Waals surface area contributed by atoms with Gasteiger partial charge in [0, 0.05) is 23.7 Å². The van der Waals surface area contributed by atoms with Crippen molar-refractivity contribution in [3.05, 3.63) is 59.4 Å². The molecular weight excluding hydrogens is 331 g/mol. The van der Waals surface area contributed by atoms with Crippen molar-refractivity contribution in [2.24, 2.45) is 0 Å². The van der Waals surface area contributed by atoms with E-state index in [1.165, 1.54) is 12.1 Å². The molecule has 0 fully saturated rings. The van der Waals surface area contributed by atoms with Crippen LogP contribution in [-0.2, 0) is 21.2 Å². The van der Waals surface area contributed by atoms with Crippen molar-refractivity contribution in [2.45, 2.75) is 30.7 Å². The fraction of sp³-hybridized carbons (Fsp3) is 0.235. The minimum absolute atomic E-state index is 0.0793. The number of sulfonamides is 1. The molecule has 0 spiro atoms. The number of aryl methyl sites for hydroxylation is 1. The summed E-state index contributed by atoms with van der Waals surface area (Å²) >= 11 is 0. The molecule has 3 rings (SSSR count). The Bertz CT molecular complexity index is 896. The molecule has 0 saturated carbocycles. The van der Waals surface area contributed by atoms with E-state index in [9.17, 15) is 17.6 Å². The number of carbonyl (C=O) groups is 1. The van der Waals surface area contributed by atoms with E-state index < -0.39 is 21.9 Å². The predicted molar refractivity (Wildman–Crippen MR) is 88.5 cm³/mol. The van der Waals surface area contributed by atoms with Gasteiger partial charge in [-0.15, -0.1) is 0 Å². The van der Waals surface area contributed by atoms with Crippen molar-refractivity contribution in [1.29, 1.82) is 0 Å². The average Bonchev–Trinajstić information content (AvgIpc) is 2.54. The summed E-state index contributed by atoms with van der Waals surface area (Å²) < 4.78 is 41.4. The van der Waals surface area contributed by atoms with Gasteiger partial charge in [-0.3, -0.25) is 4.79 Å². The van der Waals surface area contributed by atoms with Gasteiger partial charge < -0.3 is 5.32 Å². The monoisotopic (exact) mass is 348 g/mol. The summed E-state index contributed by atoms with van der Waals surface area (Å²) in [4.78, 5) is 11.5. The molecule has 2 aromatic rings. The molecule has 24 heavy (non-hydrogen) atoms. The van der Waals surface area contributed by atoms with Crippen LogP contribution in [0.5, 0.6) is 0 Å². The number of carbonyl (C=O) groups excluding carboxylic acids is 1. The van der Waals surface area contributed by atoms with Gasteiger partial charge in [-0.25, -0.2) is 17.5 Å². The van der Waals surface area contributed by atoms with E-state index in [1.807, 2.05) is 0 Å². The summed E-state index contributed by atoms with van der Waals surface area (Å²) in [6, 6.07) is 9.91. The molecule has 0 unspecified atom stereocenters. The van der Waals surface area contributed by atoms with Gasteiger partial charge in [-0.05, 0) is 43.2 Å². The van der Waals surface area contributed by atoms with Gasteiger partial charge in [0.15, 0.2) is 0 Å². The van der Waals surface area contributed by atoms with E-state index >= 15 is 0 Å².